The molecule has 2 saturated heterocycles. The zero-order valence-corrected chi connectivity index (χ0v) is 64.0. The molecule has 6 rings (SSSR count). The fourth-order valence-electron chi connectivity index (χ4n) is 12.1. The summed E-state index contributed by atoms with van der Waals surface area (Å²) in [6.45, 7) is 25.7. The average molecular weight is 1520 g/mol. The van der Waals surface area contributed by atoms with Crippen molar-refractivity contribution in [2.75, 3.05) is 73.0 Å². The summed E-state index contributed by atoms with van der Waals surface area (Å²) < 4.78 is 33.2. The van der Waals surface area contributed by atoms with Crippen LogP contribution in [0.5, 0.6) is 11.5 Å². The van der Waals surface area contributed by atoms with Gasteiger partial charge in [0.1, 0.15) is 18.0 Å². The van der Waals surface area contributed by atoms with Gasteiger partial charge in [0.05, 0.1) is 53.6 Å². The maximum Gasteiger partial charge on any atom is 0.405 e. The smallest absolute Gasteiger partial charge is 0.405 e. The van der Waals surface area contributed by atoms with Crippen molar-refractivity contribution in [1.29, 1.82) is 0 Å². The van der Waals surface area contributed by atoms with E-state index in [-0.39, 0.29) is 106 Å². The topological polar surface area (TPSA) is 425 Å². The molecule has 5 aliphatic rings. The number of fused-ring (bicyclic) bond motifs is 4. The van der Waals surface area contributed by atoms with Gasteiger partial charge in [-0.15, -0.1) is 19.0 Å². The molecule has 4 bridgehead atoms. The van der Waals surface area contributed by atoms with Gasteiger partial charge >= 0.3 is 12.2 Å². The number of quaternary nitrogens is 1. The van der Waals surface area contributed by atoms with E-state index in [1.807, 2.05) is 20.8 Å². The van der Waals surface area contributed by atoms with Crippen molar-refractivity contribution in [2.24, 2.45) is 47.0 Å². The van der Waals surface area contributed by atoms with Crippen molar-refractivity contribution in [3.05, 3.63) is 131 Å². The number of Topliss-reactive ketones (excluding diaryl/α,β-unsaturated/α-hetero) is 1. The molecule has 27 nitrogen and oxygen atoms in total. The largest absolute Gasteiger partial charge is 1.00 e. The quantitative estimate of drug-likeness (QED) is 0.0318. The lowest BCUT2D eigenvalue weighted by molar-refractivity contribution is -0.562. The molecule has 0 saturated carbocycles. The van der Waals surface area contributed by atoms with Gasteiger partial charge in [0.15, 0.2) is 23.6 Å². The molecule has 1 aromatic rings. The molecule has 1 aromatic carbocycles. The molecule has 0 aromatic heterocycles. The van der Waals surface area contributed by atoms with Crippen molar-refractivity contribution in [1.82, 2.24) is 21.3 Å². The number of aromatic hydroxyl groups is 2. The fraction of sp³-hybridized carbons (Fsp3) is 0.541. The number of carboxylic acid groups (broad SMARTS) is 1. The predicted molar refractivity (Wildman–Crippen MR) is 392 cm³/mol. The summed E-state index contributed by atoms with van der Waals surface area (Å²) in [5, 5.41) is 70.8. The number of methoxy groups -OCH3 is 4. The first-order valence-electron chi connectivity index (χ1n) is 34.1. The molecule has 0 unspecified atom stereocenters. The van der Waals surface area contributed by atoms with Crippen molar-refractivity contribution < 1.29 is 110 Å². The van der Waals surface area contributed by atoms with E-state index >= 15 is 0 Å². The molecule has 15 N–H and O–H groups in total. The Hall–Kier alpha value is -7.51. The molecule has 4 heterocycles. The van der Waals surface area contributed by atoms with Gasteiger partial charge in [0, 0.05) is 93.5 Å². The number of carboxylic acids is 1. The Balaban J connectivity index is 0.000000820. The second kappa shape index (κ2) is 48.6. The number of primary amides is 2. The van der Waals surface area contributed by atoms with Crippen LogP contribution in [0.3, 0.4) is 0 Å². The first-order valence-corrected chi connectivity index (χ1v) is 34.5. The standard InChI is InChI=1S/C31H45N3O8.C31H43N3O8.C6H10ClNO.C6H11NO2.2ClH/c2*1-8-12-33-26-21-13-17(2)14-25(41-7)27(36)19(4)15-20(5)29(42-31(32)39)24(40-6)11-9-10-18(3)30(38)34-22(28(21)37)16-23(26)35;7-6(9)5-1-3-8-4-2-5;8-6(9)5-1-3-7-4-2-5;;/h8-11,15-17,19,24-25,27,29,33,35-37H,1,12-14H2,2-7H3,(H2,32,39)(H,34,38);8-11,15-17,19,24-25,27,29,33,36H,1,12-14H2,2-7H3,(H2,32,39)(H,34,38);5,8H,1-4H2;5,7H,1-4H2,(H,8,9);2*1H/p-1/b2*11-9-,18-10+,20-15+;;;;/t2*17-,19+,24+,25+,27-,29+;;;;/m11..../s1. The predicted octanol–water partition coefficient (Wildman–Crippen LogP) is 2.39. The van der Waals surface area contributed by atoms with Gasteiger partial charge < -0.3 is 115 Å². The van der Waals surface area contributed by atoms with Crippen LogP contribution in [0.1, 0.15) is 106 Å². The summed E-state index contributed by atoms with van der Waals surface area (Å²) in [6.07, 6.45) is 13.4. The number of anilines is 1. The maximum absolute atomic E-state index is 13.5. The van der Waals surface area contributed by atoms with Gasteiger partial charge in [-0.05, 0) is 146 Å². The Morgan fingerprint density at radius 1 is 0.702 bits per heavy atom. The van der Waals surface area contributed by atoms with Gasteiger partial charge in [-0.1, -0.05) is 89.0 Å². The molecular weight excluding hydrogens is 1410 g/mol. The number of phenolic OH excluding ortho intramolecular Hbond substituents is 2. The van der Waals surface area contributed by atoms with Crippen LogP contribution in [0.15, 0.2) is 125 Å². The van der Waals surface area contributed by atoms with Crippen LogP contribution >= 0.6 is 24.0 Å². The zero-order chi connectivity index (χ0) is 76.5. The van der Waals surface area contributed by atoms with Gasteiger partial charge in [0.2, 0.25) is 16.8 Å². The summed E-state index contributed by atoms with van der Waals surface area (Å²) in [5.41, 5.74) is 13.6. The second-order valence-corrected chi connectivity index (χ2v) is 26.4. The molecular formula is C74H110Cl3N8O19-. The Bertz CT molecular complexity index is 3290. The molecule has 104 heavy (non-hydrogen) atoms. The number of nitrogens with two attached hydrogens (primary N) is 3. The number of ketones is 2. The summed E-state index contributed by atoms with van der Waals surface area (Å²) in [6, 6.07) is 1.31. The van der Waals surface area contributed by atoms with Crippen LogP contribution in [0.4, 0.5) is 21.0 Å². The number of piperidine rings is 2. The van der Waals surface area contributed by atoms with Crippen molar-refractivity contribution in [3.8, 4) is 11.5 Å². The lowest BCUT2D eigenvalue weighted by Gasteiger charge is -2.30. The molecule has 0 spiro atoms. The number of nitrogens with one attached hydrogen (secondary N) is 5. The van der Waals surface area contributed by atoms with Crippen LogP contribution in [-0.4, -0.2) is 184 Å². The third kappa shape index (κ3) is 30.5. The second-order valence-electron chi connectivity index (χ2n) is 26.0. The van der Waals surface area contributed by atoms with E-state index in [0.29, 0.717) is 53.8 Å². The number of carbonyl (C=O) groups is 8. The van der Waals surface area contributed by atoms with Gasteiger partial charge in [-0.3, -0.25) is 24.0 Å². The lowest BCUT2D eigenvalue weighted by atomic mass is 9.85. The molecule has 4 amide bonds. The number of amides is 4. The molecule has 1 aliphatic carbocycles. The maximum atomic E-state index is 13.5. The third-order valence-corrected chi connectivity index (χ3v) is 18.2. The molecule has 582 valence electrons. The molecule has 0 radical (unpaired) electrons. The monoisotopic (exact) mass is 1520 g/mol. The summed E-state index contributed by atoms with van der Waals surface area (Å²) in [4.78, 5) is 96.8. The molecule has 4 aliphatic heterocycles. The number of benzene rings is 1. The number of carbonyl (C=O) groups excluding carboxylic acids is 8. The van der Waals surface area contributed by atoms with Crippen molar-refractivity contribution >= 4 is 82.2 Å². The molecule has 12 atom stereocenters. The van der Waals surface area contributed by atoms with E-state index in [0.717, 1.165) is 57.9 Å². The number of ether oxygens (including phenoxy) is 6. The van der Waals surface area contributed by atoms with Gasteiger partial charge in [-0.25, -0.2) is 9.59 Å². The highest BCUT2D eigenvalue weighted by Crippen LogP contribution is 2.41. The van der Waals surface area contributed by atoms with Crippen LogP contribution < -0.4 is 60.9 Å². The summed E-state index contributed by atoms with van der Waals surface area (Å²) in [5.74, 6) is -4.40. The van der Waals surface area contributed by atoms with E-state index in [9.17, 15) is 63.9 Å². The van der Waals surface area contributed by atoms with Gasteiger partial charge in [-0.2, -0.15) is 0 Å². The van der Waals surface area contributed by atoms with Crippen molar-refractivity contribution in [2.45, 2.75) is 156 Å². The van der Waals surface area contributed by atoms with Crippen LogP contribution in [-0.2, 0) is 63.6 Å². The highest BCUT2D eigenvalue weighted by atomic mass is 35.5. The lowest BCUT2D eigenvalue weighted by Crippen LogP contribution is -3.00. The number of aliphatic hydroxyl groups excluding tert-OH is 2. The van der Waals surface area contributed by atoms with Crippen LogP contribution in [0.25, 0.3) is 0 Å². The SMILES string of the molecule is C=CCNC1=C2C[C@@H](C)C[C@H](OC)[C@H](O)[C@@H](C)/C=C(\C)[C@H](OC(N)=O)[C@@H](OC)/C=C\C=C(/C)C(=O)NC(=CC1=O)C2=O.C=CC[NH2+]c1c(O)cc2c(O)c1C[C@@H](C)C[C@H](OC)[C@H](O)[C@@H](C)/C=C(\C)[C@H](OC(N)=O)[C@@H](OC)/C=C\C=C(/C)C(=O)N2.Cl.O=C(Cl)C1CCNCC1.O=C([O-])C1CCNCC1.[Cl-]. The van der Waals surface area contributed by atoms with E-state index in [1.165, 1.54) is 46.7 Å². The number of halogens is 3. The number of aliphatic hydroxyl groups is 2. The minimum absolute atomic E-state index is 0. The minimum Gasteiger partial charge on any atom is -1.00 e. The van der Waals surface area contributed by atoms with E-state index < -0.39 is 102 Å². The Kier molecular flexibility index (Phi) is 44.1. The Morgan fingerprint density at radius 2 is 1.15 bits per heavy atom. The Morgan fingerprint density at radius 3 is 1.55 bits per heavy atom. The first kappa shape index (κ1) is 94.5. The number of allylic oxidation sites excluding steroid dienone is 6. The van der Waals surface area contributed by atoms with Gasteiger partial charge in [0.25, 0.3) is 11.8 Å². The fourth-order valence-corrected chi connectivity index (χ4v) is 12.3. The van der Waals surface area contributed by atoms with E-state index in [4.69, 9.17) is 51.5 Å². The first-order chi connectivity index (χ1) is 48.3. The zero-order valence-electron chi connectivity index (χ0n) is 61.6. The van der Waals surface area contributed by atoms with E-state index in [1.54, 1.807) is 88.5 Å². The highest BCUT2D eigenvalue weighted by Gasteiger charge is 2.35. The number of rotatable bonds is 14. The van der Waals surface area contributed by atoms with Crippen LogP contribution in [0, 0.1) is 35.5 Å². The summed E-state index contributed by atoms with van der Waals surface area (Å²) in [7, 11) is 5.88. The molecule has 2 fully saturated rings. The average Bonchev–Trinajstić information content (AvgIpc) is 1.28. The highest BCUT2D eigenvalue weighted by molar-refractivity contribution is 6.64. The summed E-state index contributed by atoms with van der Waals surface area (Å²) >= 11 is 5.29. The van der Waals surface area contributed by atoms with Crippen molar-refractivity contribution in [3.63, 3.8) is 0 Å². The number of aliphatic carboxylic acids is 1. The number of hydrogen-bond acceptors (Lipinski definition) is 22. The minimum atomic E-state index is -1.00. The third-order valence-electron chi connectivity index (χ3n) is 17.9. The number of phenols is 2. The Labute approximate surface area is 628 Å². The van der Waals surface area contributed by atoms with Crippen LogP contribution in [0.2, 0.25) is 0 Å². The molecule has 30 heteroatoms. The van der Waals surface area contributed by atoms with E-state index in [2.05, 4.69) is 39.7 Å². The normalized spacial score (nSPS) is 28.4. The number of hydrogen-bond donors (Lipinski definition) is 12.